The van der Waals surface area contributed by atoms with Gasteiger partial charge < -0.3 is 16.0 Å². The number of halogens is 1. The lowest BCUT2D eigenvalue weighted by molar-refractivity contribution is -0.122. The molecule has 28 heavy (non-hydrogen) atoms. The van der Waals surface area contributed by atoms with Gasteiger partial charge in [-0.05, 0) is 38.0 Å². The lowest BCUT2D eigenvalue weighted by atomic mass is 9.96. The first kappa shape index (κ1) is 19.9. The number of rotatable bonds is 5. The van der Waals surface area contributed by atoms with Crippen LogP contribution in [0.4, 0.5) is 11.4 Å². The molecule has 2 amide bonds. The first-order valence-electron chi connectivity index (χ1n) is 9.18. The number of amides is 2. The third-order valence-corrected chi connectivity index (χ3v) is 5.45. The molecule has 2 heterocycles. The van der Waals surface area contributed by atoms with Crippen molar-refractivity contribution in [2.45, 2.75) is 19.8 Å². The van der Waals surface area contributed by atoms with E-state index in [2.05, 4.69) is 15.3 Å². The Labute approximate surface area is 169 Å². The van der Waals surface area contributed by atoms with E-state index in [-0.39, 0.29) is 17.7 Å². The van der Waals surface area contributed by atoms with E-state index in [1.807, 2.05) is 31.2 Å². The van der Waals surface area contributed by atoms with Gasteiger partial charge in [0.1, 0.15) is 5.15 Å². The predicted octanol–water partition coefficient (Wildman–Crippen LogP) is 2.74. The second-order valence-electron chi connectivity index (χ2n) is 6.92. The van der Waals surface area contributed by atoms with Crippen molar-refractivity contribution in [3.63, 3.8) is 0 Å². The first-order valence-corrected chi connectivity index (χ1v) is 9.56. The van der Waals surface area contributed by atoms with E-state index in [0.717, 1.165) is 48.6 Å². The van der Waals surface area contributed by atoms with Crippen molar-refractivity contribution >= 4 is 40.9 Å². The lowest BCUT2D eigenvalue weighted by Crippen LogP contribution is -2.38. The zero-order chi connectivity index (χ0) is 20.3. The molecule has 1 saturated heterocycles. The summed E-state index contributed by atoms with van der Waals surface area (Å²) in [5.74, 6) is -0.567. The standard InChI is InChI=1S/C20H24ClN5O2/c1-13-15(19(21)25(2)24-13)7-8-18(27)23-16-5-3-4-6-17(16)26-11-9-14(10-12-26)20(22)28/h3-8,14H,9-12H2,1-2H3,(H2,22,28)(H,23,27)/b8-7+. The predicted molar refractivity (Wildman–Crippen MR) is 111 cm³/mol. The average molecular weight is 402 g/mol. The molecule has 3 N–H and O–H groups in total. The molecule has 1 aromatic heterocycles. The molecular formula is C20H24ClN5O2. The summed E-state index contributed by atoms with van der Waals surface area (Å²) in [7, 11) is 1.75. The summed E-state index contributed by atoms with van der Waals surface area (Å²) in [6.07, 6.45) is 4.56. The second-order valence-corrected chi connectivity index (χ2v) is 7.27. The summed E-state index contributed by atoms with van der Waals surface area (Å²) < 4.78 is 1.57. The number of primary amides is 1. The van der Waals surface area contributed by atoms with Crippen LogP contribution in [-0.2, 0) is 16.6 Å². The maximum atomic E-state index is 12.4. The molecule has 1 aliphatic heterocycles. The summed E-state index contributed by atoms with van der Waals surface area (Å²) in [6, 6.07) is 7.64. The maximum Gasteiger partial charge on any atom is 0.248 e. The van der Waals surface area contributed by atoms with Gasteiger partial charge in [-0.2, -0.15) is 5.10 Å². The van der Waals surface area contributed by atoms with Crippen LogP contribution in [0.2, 0.25) is 5.15 Å². The Kier molecular flexibility index (Phi) is 6.04. The summed E-state index contributed by atoms with van der Waals surface area (Å²) in [5, 5.41) is 7.64. The number of hydrogen-bond donors (Lipinski definition) is 2. The molecular weight excluding hydrogens is 378 g/mol. The molecule has 7 nitrogen and oxygen atoms in total. The third-order valence-electron chi connectivity index (χ3n) is 5.00. The highest BCUT2D eigenvalue weighted by molar-refractivity contribution is 6.31. The molecule has 0 spiro atoms. The monoisotopic (exact) mass is 401 g/mol. The van der Waals surface area contributed by atoms with Gasteiger partial charge in [0, 0.05) is 37.7 Å². The van der Waals surface area contributed by atoms with E-state index in [1.54, 1.807) is 17.8 Å². The van der Waals surface area contributed by atoms with E-state index >= 15 is 0 Å². The Bertz CT molecular complexity index is 913. The second kappa shape index (κ2) is 8.48. The molecule has 148 valence electrons. The molecule has 1 aliphatic rings. The quantitative estimate of drug-likeness (QED) is 0.753. The molecule has 8 heteroatoms. The largest absolute Gasteiger partial charge is 0.370 e. The van der Waals surface area contributed by atoms with Gasteiger partial charge in [-0.25, -0.2) is 0 Å². The Balaban J connectivity index is 1.70. The minimum Gasteiger partial charge on any atom is -0.370 e. The fourth-order valence-electron chi connectivity index (χ4n) is 3.43. The Morgan fingerprint density at radius 3 is 2.57 bits per heavy atom. The Hall–Kier alpha value is -2.80. The molecule has 2 aromatic rings. The average Bonchev–Trinajstić information content (AvgIpc) is 2.92. The SMILES string of the molecule is Cc1nn(C)c(Cl)c1/C=C/C(=O)Nc1ccccc1N1CCC(C(N)=O)CC1. The van der Waals surface area contributed by atoms with Crippen molar-refractivity contribution in [1.82, 2.24) is 9.78 Å². The van der Waals surface area contributed by atoms with Gasteiger partial charge in [0.05, 0.1) is 17.1 Å². The first-order chi connectivity index (χ1) is 13.4. The highest BCUT2D eigenvalue weighted by Gasteiger charge is 2.24. The molecule has 0 atom stereocenters. The van der Waals surface area contributed by atoms with Gasteiger partial charge in [-0.15, -0.1) is 0 Å². The van der Waals surface area contributed by atoms with E-state index in [0.29, 0.717) is 5.15 Å². The van der Waals surface area contributed by atoms with Crippen molar-refractivity contribution in [1.29, 1.82) is 0 Å². The number of aromatic nitrogens is 2. The fourth-order valence-corrected chi connectivity index (χ4v) is 3.67. The van der Waals surface area contributed by atoms with Crippen molar-refractivity contribution in [2.75, 3.05) is 23.3 Å². The van der Waals surface area contributed by atoms with Crippen LogP contribution in [0.3, 0.4) is 0 Å². The van der Waals surface area contributed by atoms with Crippen molar-refractivity contribution in [2.24, 2.45) is 18.7 Å². The molecule has 0 saturated carbocycles. The van der Waals surface area contributed by atoms with E-state index in [4.69, 9.17) is 17.3 Å². The van der Waals surface area contributed by atoms with Gasteiger partial charge >= 0.3 is 0 Å². The number of aryl methyl sites for hydroxylation is 2. The van der Waals surface area contributed by atoms with Gasteiger partial charge in [0.2, 0.25) is 11.8 Å². The van der Waals surface area contributed by atoms with Crippen LogP contribution in [0.25, 0.3) is 6.08 Å². The lowest BCUT2D eigenvalue weighted by Gasteiger charge is -2.33. The van der Waals surface area contributed by atoms with Crippen LogP contribution >= 0.6 is 11.6 Å². The van der Waals surface area contributed by atoms with E-state index < -0.39 is 0 Å². The van der Waals surface area contributed by atoms with Crippen LogP contribution < -0.4 is 16.0 Å². The fraction of sp³-hybridized carbons (Fsp3) is 0.350. The Morgan fingerprint density at radius 2 is 1.96 bits per heavy atom. The number of para-hydroxylation sites is 2. The van der Waals surface area contributed by atoms with Gasteiger partial charge in [-0.3, -0.25) is 14.3 Å². The van der Waals surface area contributed by atoms with Crippen LogP contribution in [0, 0.1) is 12.8 Å². The zero-order valence-electron chi connectivity index (χ0n) is 16.0. The Morgan fingerprint density at radius 1 is 1.29 bits per heavy atom. The van der Waals surface area contributed by atoms with Gasteiger partial charge in [0.25, 0.3) is 0 Å². The number of piperidine rings is 1. The summed E-state index contributed by atoms with van der Waals surface area (Å²) in [6.45, 7) is 3.29. The topological polar surface area (TPSA) is 93.2 Å². The summed E-state index contributed by atoms with van der Waals surface area (Å²) in [4.78, 5) is 26.0. The number of carbonyl (C=O) groups excluding carboxylic acids is 2. The van der Waals surface area contributed by atoms with Crippen LogP contribution in [-0.4, -0.2) is 34.7 Å². The zero-order valence-corrected chi connectivity index (χ0v) is 16.7. The molecule has 0 unspecified atom stereocenters. The van der Waals surface area contributed by atoms with Crippen LogP contribution in [0.15, 0.2) is 30.3 Å². The number of carbonyl (C=O) groups is 2. The minimum absolute atomic E-state index is 0.0755. The molecule has 1 fully saturated rings. The number of anilines is 2. The number of nitrogens with one attached hydrogen (secondary N) is 1. The van der Waals surface area contributed by atoms with Crippen LogP contribution in [0.5, 0.6) is 0 Å². The molecule has 0 aliphatic carbocycles. The van der Waals surface area contributed by atoms with E-state index in [9.17, 15) is 9.59 Å². The highest BCUT2D eigenvalue weighted by Crippen LogP contribution is 2.30. The van der Waals surface area contributed by atoms with Crippen molar-refractivity contribution in [3.05, 3.63) is 46.8 Å². The molecule has 1 aromatic carbocycles. The maximum absolute atomic E-state index is 12.4. The third kappa shape index (κ3) is 4.36. The number of nitrogens with two attached hydrogens (primary N) is 1. The van der Waals surface area contributed by atoms with Crippen LogP contribution in [0.1, 0.15) is 24.1 Å². The molecule has 0 radical (unpaired) electrons. The summed E-state index contributed by atoms with van der Waals surface area (Å²) >= 11 is 6.20. The van der Waals surface area contributed by atoms with Gasteiger partial charge in [-0.1, -0.05) is 23.7 Å². The molecule has 3 rings (SSSR count). The number of benzene rings is 1. The number of hydrogen-bond acceptors (Lipinski definition) is 4. The minimum atomic E-state index is -0.251. The van der Waals surface area contributed by atoms with Crippen molar-refractivity contribution < 1.29 is 9.59 Å². The highest BCUT2D eigenvalue weighted by atomic mass is 35.5. The van der Waals surface area contributed by atoms with Gasteiger partial charge in [0.15, 0.2) is 0 Å². The molecule has 0 bridgehead atoms. The van der Waals surface area contributed by atoms with Crippen molar-refractivity contribution in [3.8, 4) is 0 Å². The number of nitrogens with zero attached hydrogens (tertiary/aromatic N) is 3. The summed E-state index contributed by atoms with van der Waals surface area (Å²) in [5.41, 5.74) is 8.55. The van der Waals surface area contributed by atoms with E-state index in [1.165, 1.54) is 6.08 Å². The normalized spacial score (nSPS) is 15.2. The smallest absolute Gasteiger partial charge is 0.248 e.